The topological polar surface area (TPSA) is 78.5 Å². The highest BCUT2D eigenvalue weighted by molar-refractivity contribution is 7.89. The van der Waals surface area contributed by atoms with Gasteiger partial charge in [-0.1, -0.05) is 6.92 Å². The van der Waals surface area contributed by atoms with Crippen LogP contribution < -0.4 is 10.0 Å². The summed E-state index contributed by atoms with van der Waals surface area (Å²) in [6.45, 7) is 6.40. The third-order valence-electron chi connectivity index (χ3n) is 3.10. The molecule has 0 saturated heterocycles. The monoisotopic (exact) mass is 313 g/mol. The molecule has 0 spiro atoms. The summed E-state index contributed by atoms with van der Waals surface area (Å²) < 4.78 is 26.0. The molecule has 6 nitrogen and oxygen atoms in total. The van der Waals surface area contributed by atoms with E-state index in [0.29, 0.717) is 18.8 Å². The third-order valence-corrected chi connectivity index (χ3v) is 4.66. The van der Waals surface area contributed by atoms with Gasteiger partial charge in [0.05, 0.1) is 4.90 Å². The van der Waals surface area contributed by atoms with E-state index < -0.39 is 10.0 Å². The number of hydrogen-bond acceptors (Lipinski definition) is 4. The number of nitrogens with zero attached hydrogens (tertiary/aromatic N) is 1. The Labute approximate surface area is 126 Å². The smallest absolute Gasteiger partial charge is 0.244 e. The van der Waals surface area contributed by atoms with Gasteiger partial charge in [-0.15, -0.1) is 0 Å². The van der Waals surface area contributed by atoms with Gasteiger partial charge in [-0.25, -0.2) is 13.1 Å². The molecule has 1 aromatic rings. The predicted molar refractivity (Wildman–Crippen MR) is 83.7 cm³/mol. The Balaban J connectivity index is 2.78. The minimum absolute atomic E-state index is 0.0122. The summed E-state index contributed by atoms with van der Waals surface area (Å²) in [5.74, 6) is -0.0122. The number of sulfonamides is 1. The number of carbonyl (C=O) groups is 1. The summed E-state index contributed by atoms with van der Waals surface area (Å²) in [6, 6.07) is 5.97. The molecule has 21 heavy (non-hydrogen) atoms. The van der Waals surface area contributed by atoms with E-state index in [0.717, 1.165) is 0 Å². The number of rotatable bonds is 7. The van der Waals surface area contributed by atoms with Gasteiger partial charge >= 0.3 is 0 Å². The lowest BCUT2D eigenvalue weighted by Gasteiger charge is -2.21. The Hall–Kier alpha value is -1.60. The van der Waals surface area contributed by atoms with Crippen molar-refractivity contribution in [3.63, 3.8) is 0 Å². The van der Waals surface area contributed by atoms with Gasteiger partial charge in [0.25, 0.3) is 0 Å². The van der Waals surface area contributed by atoms with Crippen LogP contribution in [-0.4, -0.2) is 45.4 Å². The second kappa shape index (κ2) is 7.42. The average Bonchev–Trinajstić information content (AvgIpc) is 2.46. The molecule has 7 heteroatoms. The van der Waals surface area contributed by atoms with Gasteiger partial charge in [-0.3, -0.25) is 4.79 Å². The van der Waals surface area contributed by atoms with E-state index in [1.807, 2.05) is 6.92 Å². The van der Waals surface area contributed by atoms with Crippen LogP contribution in [-0.2, 0) is 14.8 Å². The number of hydrogen-bond donors (Lipinski definition) is 2. The summed E-state index contributed by atoms with van der Waals surface area (Å²) in [5, 5.41) is 3.06. The number of anilines is 1. The molecule has 0 saturated carbocycles. The molecular formula is C14H23N3O3S. The zero-order valence-electron chi connectivity index (χ0n) is 12.9. The minimum Gasteiger partial charge on any atom is -0.374 e. The molecule has 2 N–H and O–H groups in total. The lowest BCUT2D eigenvalue weighted by molar-refractivity contribution is -0.130. The standard InChI is InChI=1S/C14H23N3O3S/c1-5-15-21(19,20)13-9-7-12(8-10-13)16-11(3)14(18)17(4)6-2/h7-11,15-16H,5-6H2,1-4H3. The maximum Gasteiger partial charge on any atom is 0.244 e. The lowest BCUT2D eigenvalue weighted by Crippen LogP contribution is -2.38. The fourth-order valence-electron chi connectivity index (χ4n) is 1.80. The largest absolute Gasteiger partial charge is 0.374 e. The van der Waals surface area contributed by atoms with Gasteiger partial charge in [0.15, 0.2) is 0 Å². The van der Waals surface area contributed by atoms with Crippen LogP contribution >= 0.6 is 0 Å². The Morgan fingerprint density at radius 2 is 1.81 bits per heavy atom. The van der Waals surface area contributed by atoms with Crippen LogP contribution in [0, 0.1) is 0 Å². The fraction of sp³-hybridized carbons (Fsp3) is 0.500. The van der Waals surface area contributed by atoms with Gasteiger partial charge in [0.2, 0.25) is 15.9 Å². The first-order valence-electron chi connectivity index (χ1n) is 6.93. The Bertz CT molecular complexity index is 570. The molecule has 1 aromatic carbocycles. The molecule has 0 aliphatic rings. The van der Waals surface area contributed by atoms with Gasteiger partial charge < -0.3 is 10.2 Å². The molecule has 118 valence electrons. The zero-order valence-corrected chi connectivity index (χ0v) is 13.7. The van der Waals surface area contributed by atoms with E-state index in [1.54, 1.807) is 37.9 Å². The van der Waals surface area contributed by atoms with Crippen LogP contribution in [0.3, 0.4) is 0 Å². The Morgan fingerprint density at radius 1 is 1.24 bits per heavy atom. The van der Waals surface area contributed by atoms with Crippen LogP contribution in [0.2, 0.25) is 0 Å². The molecule has 0 heterocycles. The number of nitrogens with one attached hydrogen (secondary N) is 2. The van der Waals surface area contributed by atoms with Gasteiger partial charge in [-0.2, -0.15) is 0 Å². The number of benzene rings is 1. The SMILES string of the molecule is CCNS(=O)(=O)c1ccc(NC(C)C(=O)N(C)CC)cc1. The van der Waals surface area contributed by atoms with Crippen molar-refractivity contribution in [3.8, 4) is 0 Å². The summed E-state index contributed by atoms with van der Waals surface area (Å²) in [7, 11) is -1.70. The summed E-state index contributed by atoms with van der Waals surface area (Å²) >= 11 is 0. The van der Waals surface area contributed by atoms with Gasteiger partial charge in [0.1, 0.15) is 6.04 Å². The predicted octanol–water partition coefficient (Wildman–Crippen LogP) is 1.26. The highest BCUT2D eigenvalue weighted by Crippen LogP contribution is 2.15. The molecule has 0 aromatic heterocycles. The van der Waals surface area contributed by atoms with Crippen molar-refractivity contribution in [2.24, 2.45) is 0 Å². The Kier molecular flexibility index (Phi) is 6.17. The van der Waals surface area contributed by atoms with Crippen LogP contribution in [0.4, 0.5) is 5.69 Å². The van der Waals surface area contributed by atoms with Crippen molar-refractivity contribution in [2.45, 2.75) is 31.7 Å². The quantitative estimate of drug-likeness (QED) is 0.794. The van der Waals surface area contributed by atoms with Crippen LogP contribution in [0.1, 0.15) is 20.8 Å². The van der Waals surface area contributed by atoms with E-state index >= 15 is 0 Å². The first kappa shape index (κ1) is 17.5. The molecule has 1 amide bonds. The highest BCUT2D eigenvalue weighted by Gasteiger charge is 2.17. The van der Waals surface area contributed by atoms with Gasteiger partial charge in [0, 0.05) is 25.8 Å². The average molecular weight is 313 g/mol. The van der Waals surface area contributed by atoms with Crippen molar-refractivity contribution in [3.05, 3.63) is 24.3 Å². The van der Waals surface area contributed by atoms with Crippen molar-refractivity contribution >= 4 is 21.6 Å². The van der Waals surface area contributed by atoms with Crippen LogP contribution in [0.15, 0.2) is 29.2 Å². The molecule has 1 rings (SSSR count). The van der Waals surface area contributed by atoms with Crippen molar-refractivity contribution in [1.29, 1.82) is 0 Å². The first-order valence-corrected chi connectivity index (χ1v) is 8.41. The van der Waals surface area contributed by atoms with E-state index in [2.05, 4.69) is 10.0 Å². The molecule has 0 radical (unpaired) electrons. The molecule has 0 aliphatic heterocycles. The Morgan fingerprint density at radius 3 is 2.29 bits per heavy atom. The van der Waals surface area contributed by atoms with E-state index in [1.165, 1.54) is 12.1 Å². The summed E-state index contributed by atoms with van der Waals surface area (Å²) in [4.78, 5) is 13.8. The number of likely N-dealkylation sites (N-methyl/N-ethyl adjacent to an activating group) is 1. The van der Waals surface area contributed by atoms with E-state index in [-0.39, 0.29) is 16.8 Å². The van der Waals surface area contributed by atoms with Crippen molar-refractivity contribution < 1.29 is 13.2 Å². The first-order chi connectivity index (χ1) is 9.81. The molecular weight excluding hydrogens is 290 g/mol. The number of carbonyl (C=O) groups excluding carboxylic acids is 1. The maximum absolute atomic E-state index is 11.9. The normalized spacial score (nSPS) is 12.8. The molecule has 0 bridgehead atoms. The van der Waals surface area contributed by atoms with Crippen molar-refractivity contribution in [2.75, 3.05) is 25.5 Å². The van der Waals surface area contributed by atoms with Gasteiger partial charge in [-0.05, 0) is 38.1 Å². The molecule has 0 aliphatic carbocycles. The lowest BCUT2D eigenvalue weighted by atomic mass is 10.2. The molecule has 1 atom stereocenters. The maximum atomic E-state index is 11.9. The molecule has 1 unspecified atom stereocenters. The second-order valence-electron chi connectivity index (χ2n) is 4.74. The van der Waals surface area contributed by atoms with Crippen LogP contribution in [0.5, 0.6) is 0 Å². The second-order valence-corrected chi connectivity index (χ2v) is 6.51. The van der Waals surface area contributed by atoms with E-state index in [9.17, 15) is 13.2 Å². The highest BCUT2D eigenvalue weighted by atomic mass is 32.2. The third kappa shape index (κ3) is 4.71. The summed E-state index contributed by atoms with van der Waals surface area (Å²) in [5.41, 5.74) is 0.704. The van der Waals surface area contributed by atoms with Crippen molar-refractivity contribution in [1.82, 2.24) is 9.62 Å². The van der Waals surface area contributed by atoms with Crippen LogP contribution in [0.25, 0.3) is 0 Å². The fourth-order valence-corrected chi connectivity index (χ4v) is 2.84. The zero-order chi connectivity index (χ0) is 16.0. The minimum atomic E-state index is -3.44. The number of amides is 1. The molecule has 0 fully saturated rings. The van der Waals surface area contributed by atoms with E-state index in [4.69, 9.17) is 0 Å². The summed E-state index contributed by atoms with van der Waals surface area (Å²) in [6.07, 6.45) is 0.